The van der Waals surface area contributed by atoms with Crippen LogP contribution in [0, 0.1) is 10.1 Å². The molecule has 0 bridgehead atoms. The maximum atomic E-state index is 13.0. The molecule has 13 nitrogen and oxygen atoms in total. The maximum absolute atomic E-state index is 13.0. The van der Waals surface area contributed by atoms with Crippen molar-refractivity contribution in [1.29, 1.82) is 0 Å². The fourth-order valence-electron chi connectivity index (χ4n) is 4.01. The summed E-state index contributed by atoms with van der Waals surface area (Å²) < 4.78 is 27.0. The topological polar surface area (TPSA) is 165 Å². The Labute approximate surface area is 262 Å². The van der Waals surface area contributed by atoms with Gasteiger partial charge in [-0.1, -0.05) is 30.3 Å². The highest BCUT2D eigenvalue weighted by molar-refractivity contribution is 5.96. The first-order chi connectivity index (χ1) is 22.2. The van der Waals surface area contributed by atoms with E-state index in [4.69, 9.17) is 23.7 Å². The van der Waals surface area contributed by atoms with Gasteiger partial charge in [-0.3, -0.25) is 14.9 Å². The van der Waals surface area contributed by atoms with Gasteiger partial charge in [-0.15, -0.1) is 0 Å². The number of hydrazone groups is 1. The van der Waals surface area contributed by atoms with Crippen LogP contribution in [0.2, 0.25) is 0 Å². The van der Waals surface area contributed by atoms with E-state index in [9.17, 15) is 24.5 Å². The fourth-order valence-corrected chi connectivity index (χ4v) is 4.01. The minimum Gasteiger partial charge on any atom is -0.493 e. The highest BCUT2D eigenvalue weighted by atomic mass is 16.6. The summed E-state index contributed by atoms with van der Waals surface area (Å²) in [5, 5.41) is 14.7. The number of esters is 2. The molecule has 0 spiro atoms. The summed E-state index contributed by atoms with van der Waals surface area (Å²) in [6, 6.07) is 21.0. The third-order valence-electron chi connectivity index (χ3n) is 6.26. The van der Waals surface area contributed by atoms with E-state index in [0.717, 1.165) is 6.08 Å². The number of hydrogen-bond donors (Lipinski definition) is 1. The predicted octanol–water partition coefficient (Wildman–Crippen LogP) is 5.22. The quantitative estimate of drug-likeness (QED) is 0.0551. The number of rotatable bonds is 12. The lowest BCUT2D eigenvalue weighted by Crippen LogP contribution is -2.17. The Morgan fingerprint density at radius 2 is 1.33 bits per heavy atom. The fraction of sp³-hybridized carbons (Fsp3) is 0.0909. The number of nitrogens with one attached hydrogen (secondary N) is 1. The molecule has 46 heavy (non-hydrogen) atoms. The second-order valence-electron chi connectivity index (χ2n) is 9.14. The number of ether oxygens (including phenoxy) is 5. The second kappa shape index (κ2) is 15.3. The molecule has 4 aromatic rings. The van der Waals surface area contributed by atoms with Crippen LogP contribution in [0.3, 0.4) is 0 Å². The van der Waals surface area contributed by atoms with E-state index in [-0.39, 0.29) is 39.8 Å². The van der Waals surface area contributed by atoms with Crippen molar-refractivity contribution in [3.63, 3.8) is 0 Å². The molecule has 0 heterocycles. The van der Waals surface area contributed by atoms with Crippen molar-refractivity contribution in [2.75, 3.05) is 21.3 Å². The highest BCUT2D eigenvalue weighted by Gasteiger charge is 2.19. The summed E-state index contributed by atoms with van der Waals surface area (Å²) in [5.41, 5.74) is 3.29. The SMILES string of the molecule is COc1cc(C(=O)Oc2ccccc2/C=C/C(=O)Oc2ccccc2/C=N/NC(=O)c2ccc([N+](=O)[O-])cc2)cc(OC)c1OC. The maximum Gasteiger partial charge on any atom is 0.343 e. The summed E-state index contributed by atoms with van der Waals surface area (Å²) in [6.07, 6.45) is 3.88. The molecule has 0 atom stereocenters. The number of carbonyl (C=O) groups excluding carboxylic acids is 3. The van der Waals surface area contributed by atoms with Crippen LogP contribution in [0.5, 0.6) is 28.7 Å². The van der Waals surface area contributed by atoms with Crippen molar-refractivity contribution in [2.45, 2.75) is 0 Å². The summed E-state index contributed by atoms with van der Waals surface area (Å²) in [4.78, 5) is 48.3. The van der Waals surface area contributed by atoms with Crippen LogP contribution >= 0.6 is 0 Å². The predicted molar refractivity (Wildman–Crippen MR) is 167 cm³/mol. The second-order valence-corrected chi connectivity index (χ2v) is 9.14. The first kappa shape index (κ1) is 32.4. The van der Waals surface area contributed by atoms with Gasteiger partial charge >= 0.3 is 11.9 Å². The zero-order valence-electron chi connectivity index (χ0n) is 24.8. The third-order valence-corrected chi connectivity index (χ3v) is 6.26. The number of amides is 1. The molecule has 0 aliphatic carbocycles. The number of methoxy groups -OCH3 is 3. The van der Waals surface area contributed by atoms with E-state index < -0.39 is 22.8 Å². The first-order valence-corrected chi connectivity index (χ1v) is 13.4. The molecule has 0 aliphatic rings. The van der Waals surface area contributed by atoms with Gasteiger partial charge in [-0.25, -0.2) is 15.0 Å². The van der Waals surface area contributed by atoms with Gasteiger partial charge in [0, 0.05) is 34.9 Å². The molecule has 0 aromatic heterocycles. The van der Waals surface area contributed by atoms with Crippen LogP contribution in [-0.4, -0.2) is 50.3 Å². The number of nitro groups is 1. The number of non-ortho nitro benzene ring substituents is 1. The molecule has 0 saturated heterocycles. The molecular formula is C33H27N3O10. The monoisotopic (exact) mass is 625 g/mol. The van der Waals surface area contributed by atoms with Crippen molar-refractivity contribution in [1.82, 2.24) is 5.43 Å². The molecular weight excluding hydrogens is 598 g/mol. The molecule has 1 N–H and O–H groups in total. The van der Waals surface area contributed by atoms with Gasteiger partial charge in [-0.2, -0.15) is 5.10 Å². The number of nitro benzene ring substituents is 1. The van der Waals surface area contributed by atoms with E-state index in [1.54, 1.807) is 48.5 Å². The minimum atomic E-state index is -0.735. The van der Waals surface area contributed by atoms with Crippen LogP contribution in [0.25, 0.3) is 6.08 Å². The average Bonchev–Trinajstić information content (AvgIpc) is 3.07. The highest BCUT2D eigenvalue weighted by Crippen LogP contribution is 2.38. The smallest absolute Gasteiger partial charge is 0.343 e. The van der Waals surface area contributed by atoms with Gasteiger partial charge < -0.3 is 23.7 Å². The Bertz CT molecular complexity index is 1790. The van der Waals surface area contributed by atoms with Crippen LogP contribution in [0.1, 0.15) is 31.8 Å². The number of carbonyl (C=O) groups is 3. The van der Waals surface area contributed by atoms with Crippen molar-refractivity contribution >= 4 is 35.8 Å². The van der Waals surface area contributed by atoms with Crippen molar-refractivity contribution in [3.8, 4) is 28.7 Å². The van der Waals surface area contributed by atoms with E-state index in [2.05, 4.69) is 10.5 Å². The normalized spacial score (nSPS) is 10.8. The standard InChI is InChI=1S/C33H27N3O10/c1-42-28-18-24(19-29(43-2)31(28)44-3)33(39)46-26-10-6-4-8-21(26)14-17-30(37)45-27-11-7-5-9-23(27)20-34-35-32(38)22-12-15-25(16-13-22)36(40)41/h4-20H,1-3H3,(H,35,38)/b17-14+,34-20+. The Kier molecular flexibility index (Phi) is 10.8. The van der Waals surface area contributed by atoms with Crippen LogP contribution in [0.15, 0.2) is 96.1 Å². The first-order valence-electron chi connectivity index (χ1n) is 13.4. The lowest BCUT2D eigenvalue weighted by atomic mass is 10.1. The molecule has 0 fully saturated rings. The van der Waals surface area contributed by atoms with Gasteiger partial charge in [0.15, 0.2) is 11.5 Å². The Morgan fingerprint density at radius 3 is 1.91 bits per heavy atom. The molecule has 13 heteroatoms. The van der Waals surface area contributed by atoms with Crippen molar-refractivity contribution < 1.29 is 43.0 Å². The Morgan fingerprint density at radius 1 is 0.739 bits per heavy atom. The number of benzene rings is 4. The molecule has 1 amide bonds. The number of nitrogens with zero attached hydrogens (tertiary/aromatic N) is 2. The molecule has 0 unspecified atom stereocenters. The van der Waals surface area contributed by atoms with Crippen molar-refractivity contribution in [2.24, 2.45) is 5.10 Å². The van der Waals surface area contributed by atoms with Crippen LogP contribution in [0.4, 0.5) is 5.69 Å². The van der Waals surface area contributed by atoms with Gasteiger partial charge in [0.1, 0.15) is 11.5 Å². The summed E-state index contributed by atoms with van der Waals surface area (Å²) in [6.45, 7) is 0. The van der Waals surface area contributed by atoms with E-state index in [1.807, 2.05) is 0 Å². The number of para-hydroxylation sites is 2. The average molecular weight is 626 g/mol. The van der Waals surface area contributed by atoms with Gasteiger partial charge in [0.25, 0.3) is 11.6 Å². The van der Waals surface area contributed by atoms with Gasteiger partial charge in [0.2, 0.25) is 5.75 Å². The Hall–Kier alpha value is -6.50. The van der Waals surface area contributed by atoms with Crippen molar-refractivity contribution in [3.05, 3.63) is 123 Å². The lowest BCUT2D eigenvalue weighted by molar-refractivity contribution is -0.384. The Balaban J connectivity index is 1.42. The van der Waals surface area contributed by atoms with Crippen LogP contribution in [-0.2, 0) is 4.79 Å². The van der Waals surface area contributed by atoms with Crippen LogP contribution < -0.4 is 29.1 Å². The molecule has 0 saturated carbocycles. The van der Waals surface area contributed by atoms with E-state index in [1.165, 1.54) is 70.0 Å². The zero-order valence-corrected chi connectivity index (χ0v) is 24.8. The van der Waals surface area contributed by atoms with Gasteiger partial charge in [0.05, 0.1) is 38.0 Å². The number of hydrogen-bond acceptors (Lipinski definition) is 11. The van der Waals surface area contributed by atoms with Gasteiger partial charge in [-0.05, 0) is 48.5 Å². The molecule has 234 valence electrons. The third kappa shape index (κ3) is 8.11. The molecule has 4 aromatic carbocycles. The lowest BCUT2D eigenvalue weighted by Gasteiger charge is -2.14. The largest absolute Gasteiger partial charge is 0.493 e. The summed E-state index contributed by atoms with van der Waals surface area (Å²) in [5.74, 6) is -0.799. The van der Waals surface area contributed by atoms with E-state index in [0.29, 0.717) is 16.9 Å². The van der Waals surface area contributed by atoms with E-state index >= 15 is 0 Å². The molecule has 0 radical (unpaired) electrons. The molecule has 4 rings (SSSR count). The minimum absolute atomic E-state index is 0.148. The summed E-state index contributed by atoms with van der Waals surface area (Å²) >= 11 is 0. The summed E-state index contributed by atoms with van der Waals surface area (Å²) in [7, 11) is 4.31. The molecule has 0 aliphatic heterocycles. The zero-order chi connectivity index (χ0) is 33.1.